The van der Waals surface area contributed by atoms with Crippen LogP contribution >= 0.6 is 0 Å². The Bertz CT molecular complexity index is 293. The van der Waals surface area contributed by atoms with Gasteiger partial charge in [-0.2, -0.15) is 4.98 Å². The van der Waals surface area contributed by atoms with E-state index in [9.17, 15) is 0 Å². The summed E-state index contributed by atoms with van der Waals surface area (Å²) in [7, 11) is 1.62. The molecule has 0 saturated carbocycles. The average Bonchev–Trinajstić information content (AvgIpc) is 2.53. The predicted molar refractivity (Wildman–Crippen MR) is 54.2 cm³/mol. The molecule has 1 aliphatic rings. The standard InChI is InChI=1S/C10H17N3O2/c1-14-7-9-12-10(13-15-9)8-5-3-2-4-6-11-8/h8,11H,2-7H2,1H3/t8-/m0/s1. The van der Waals surface area contributed by atoms with E-state index < -0.39 is 0 Å². The summed E-state index contributed by atoms with van der Waals surface area (Å²) in [6.07, 6.45) is 4.84. The minimum Gasteiger partial charge on any atom is -0.375 e. The third kappa shape index (κ3) is 2.76. The van der Waals surface area contributed by atoms with Gasteiger partial charge in [0.05, 0.1) is 6.04 Å². The van der Waals surface area contributed by atoms with Crippen LogP contribution < -0.4 is 5.32 Å². The van der Waals surface area contributed by atoms with Crippen molar-refractivity contribution in [1.82, 2.24) is 15.5 Å². The van der Waals surface area contributed by atoms with E-state index in [1.807, 2.05) is 0 Å². The molecule has 15 heavy (non-hydrogen) atoms. The predicted octanol–water partition coefficient (Wildman–Crippen LogP) is 1.42. The Balaban J connectivity index is 2.00. The van der Waals surface area contributed by atoms with E-state index >= 15 is 0 Å². The fraction of sp³-hybridized carbons (Fsp3) is 0.800. The quantitative estimate of drug-likeness (QED) is 0.819. The highest BCUT2D eigenvalue weighted by atomic mass is 16.5. The molecule has 1 fully saturated rings. The summed E-state index contributed by atoms with van der Waals surface area (Å²) in [4.78, 5) is 4.30. The molecule has 1 aromatic rings. The summed E-state index contributed by atoms with van der Waals surface area (Å²) in [5, 5.41) is 7.40. The summed E-state index contributed by atoms with van der Waals surface area (Å²) in [6, 6.07) is 0.252. The molecule has 0 aromatic carbocycles. The van der Waals surface area contributed by atoms with Gasteiger partial charge in [-0.25, -0.2) is 0 Å². The Kier molecular flexibility index (Phi) is 3.69. The smallest absolute Gasteiger partial charge is 0.252 e. The Labute approximate surface area is 89.2 Å². The minimum atomic E-state index is 0.252. The SMILES string of the molecule is COCc1nc([C@@H]2CCCCCN2)no1. The van der Waals surface area contributed by atoms with Crippen LogP contribution in [0.15, 0.2) is 4.52 Å². The Morgan fingerprint density at radius 3 is 3.27 bits per heavy atom. The van der Waals surface area contributed by atoms with Crippen LogP contribution in [0.2, 0.25) is 0 Å². The molecule has 0 amide bonds. The number of nitrogens with one attached hydrogen (secondary N) is 1. The molecule has 84 valence electrons. The van der Waals surface area contributed by atoms with Crippen LogP contribution in [0.25, 0.3) is 0 Å². The number of ether oxygens (including phenoxy) is 1. The third-order valence-corrected chi connectivity index (χ3v) is 2.62. The van der Waals surface area contributed by atoms with E-state index in [2.05, 4.69) is 15.5 Å². The van der Waals surface area contributed by atoms with Crippen LogP contribution in [0, 0.1) is 0 Å². The molecule has 0 unspecified atom stereocenters. The van der Waals surface area contributed by atoms with Crippen molar-refractivity contribution >= 4 is 0 Å². The van der Waals surface area contributed by atoms with E-state index in [4.69, 9.17) is 9.26 Å². The largest absolute Gasteiger partial charge is 0.375 e. The van der Waals surface area contributed by atoms with Gasteiger partial charge >= 0.3 is 0 Å². The van der Waals surface area contributed by atoms with Crippen LogP contribution in [-0.2, 0) is 11.3 Å². The highest BCUT2D eigenvalue weighted by molar-refractivity contribution is 4.94. The van der Waals surface area contributed by atoms with Gasteiger partial charge in [-0.3, -0.25) is 0 Å². The number of hydrogen-bond donors (Lipinski definition) is 1. The first-order chi connectivity index (χ1) is 7.40. The molecular weight excluding hydrogens is 194 g/mol. The molecular formula is C10H17N3O2. The molecule has 2 rings (SSSR count). The second kappa shape index (κ2) is 5.23. The lowest BCUT2D eigenvalue weighted by molar-refractivity contribution is 0.151. The summed E-state index contributed by atoms with van der Waals surface area (Å²) >= 11 is 0. The highest BCUT2D eigenvalue weighted by Crippen LogP contribution is 2.20. The van der Waals surface area contributed by atoms with Gasteiger partial charge in [0.25, 0.3) is 5.89 Å². The molecule has 1 N–H and O–H groups in total. The van der Waals surface area contributed by atoms with Crippen molar-refractivity contribution in [2.45, 2.75) is 38.3 Å². The molecule has 1 aromatic heterocycles. The molecule has 5 nitrogen and oxygen atoms in total. The molecule has 5 heteroatoms. The number of methoxy groups -OCH3 is 1. The van der Waals surface area contributed by atoms with Crippen LogP contribution in [-0.4, -0.2) is 23.8 Å². The molecule has 2 heterocycles. The van der Waals surface area contributed by atoms with Crippen molar-refractivity contribution in [2.75, 3.05) is 13.7 Å². The van der Waals surface area contributed by atoms with Gasteiger partial charge < -0.3 is 14.6 Å². The summed E-state index contributed by atoms with van der Waals surface area (Å²) in [5.74, 6) is 1.32. The Morgan fingerprint density at radius 2 is 2.40 bits per heavy atom. The topological polar surface area (TPSA) is 60.2 Å². The number of nitrogens with zero attached hydrogens (tertiary/aromatic N) is 2. The molecule has 1 aliphatic heterocycles. The molecule has 0 radical (unpaired) electrons. The average molecular weight is 211 g/mol. The van der Waals surface area contributed by atoms with Crippen molar-refractivity contribution in [3.63, 3.8) is 0 Å². The van der Waals surface area contributed by atoms with Gasteiger partial charge in [0.1, 0.15) is 6.61 Å². The van der Waals surface area contributed by atoms with Gasteiger partial charge in [0.2, 0.25) is 0 Å². The second-order valence-electron chi connectivity index (χ2n) is 3.84. The first kappa shape index (κ1) is 10.6. The lowest BCUT2D eigenvalue weighted by Gasteiger charge is -2.09. The van der Waals surface area contributed by atoms with E-state index in [-0.39, 0.29) is 6.04 Å². The molecule has 1 saturated heterocycles. The zero-order valence-electron chi connectivity index (χ0n) is 9.03. The molecule has 0 aliphatic carbocycles. The van der Waals surface area contributed by atoms with E-state index in [0.717, 1.165) is 18.8 Å². The minimum absolute atomic E-state index is 0.252. The summed E-state index contributed by atoms with van der Waals surface area (Å²) < 4.78 is 10.0. The fourth-order valence-electron chi connectivity index (χ4n) is 1.84. The van der Waals surface area contributed by atoms with Gasteiger partial charge in [0.15, 0.2) is 5.82 Å². The van der Waals surface area contributed by atoms with Crippen LogP contribution in [0.5, 0.6) is 0 Å². The highest BCUT2D eigenvalue weighted by Gasteiger charge is 2.19. The summed E-state index contributed by atoms with van der Waals surface area (Å²) in [5.41, 5.74) is 0. The van der Waals surface area contributed by atoms with Crippen molar-refractivity contribution in [3.8, 4) is 0 Å². The van der Waals surface area contributed by atoms with Crippen molar-refractivity contribution in [3.05, 3.63) is 11.7 Å². The zero-order valence-corrected chi connectivity index (χ0v) is 9.03. The Morgan fingerprint density at radius 1 is 1.47 bits per heavy atom. The number of rotatable bonds is 3. The van der Waals surface area contributed by atoms with Crippen molar-refractivity contribution in [1.29, 1.82) is 0 Å². The van der Waals surface area contributed by atoms with Gasteiger partial charge in [0, 0.05) is 7.11 Å². The van der Waals surface area contributed by atoms with Crippen LogP contribution in [0.4, 0.5) is 0 Å². The molecule has 1 atom stereocenters. The summed E-state index contributed by atoms with van der Waals surface area (Å²) in [6.45, 7) is 1.43. The molecule has 0 spiro atoms. The van der Waals surface area contributed by atoms with Gasteiger partial charge in [-0.05, 0) is 19.4 Å². The van der Waals surface area contributed by atoms with Gasteiger partial charge in [-0.15, -0.1) is 0 Å². The third-order valence-electron chi connectivity index (χ3n) is 2.62. The number of aromatic nitrogens is 2. The van der Waals surface area contributed by atoms with Crippen molar-refractivity contribution in [2.24, 2.45) is 0 Å². The maximum absolute atomic E-state index is 5.07. The van der Waals surface area contributed by atoms with E-state index in [1.165, 1.54) is 19.3 Å². The first-order valence-corrected chi connectivity index (χ1v) is 5.45. The lowest BCUT2D eigenvalue weighted by Crippen LogP contribution is -2.21. The first-order valence-electron chi connectivity index (χ1n) is 5.45. The van der Waals surface area contributed by atoms with E-state index in [1.54, 1.807) is 7.11 Å². The monoisotopic (exact) mass is 211 g/mol. The maximum atomic E-state index is 5.07. The normalized spacial score (nSPS) is 22.6. The Hall–Kier alpha value is -0.940. The lowest BCUT2D eigenvalue weighted by atomic mass is 10.1. The number of hydrogen-bond acceptors (Lipinski definition) is 5. The van der Waals surface area contributed by atoms with Crippen molar-refractivity contribution < 1.29 is 9.26 Å². The second-order valence-corrected chi connectivity index (χ2v) is 3.84. The van der Waals surface area contributed by atoms with Crippen LogP contribution in [0.3, 0.4) is 0 Å². The molecule has 0 bridgehead atoms. The fourth-order valence-corrected chi connectivity index (χ4v) is 1.84. The zero-order chi connectivity index (χ0) is 10.5. The van der Waals surface area contributed by atoms with Gasteiger partial charge in [-0.1, -0.05) is 18.0 Å². The van der Waals surface area contributed by atoms with E-state index in [0.29, 0.717) is 12.5 Å². The van der Waals surface area contributed by atoms with Crippen LogP contribution in [0.1, 0.15) is 43.4 Å². The maximum Gasteiger partial charge on any atom is 0.252 e.